The largest absolute Gasteiger partial charge is 1.00 e. The first-order valence-electron chi connectivity index (χ1n) is 17.0. The summed E-state index contributed by atoms with van der Waals surface area (Å²) in [5, 5.41) is 0. The second kappa shape index (κ2) is 26.8. The van der Waals surface area contributed by atoms with Crippen LogP contribution < -0.4 is 46.4 Å². The molecule has 0 radical (unpaired) electrons. The molecule has 0 unspecified atom stereocenters. The molecular formula is C39H66Br2ClN3. The topological polar surface area (TPSA) is 0 Å². The van der Waals surface area contributed by atoms with Crippen LogP contribution in [0, 0.1) is 0 Å². The Morgan fingerprint density at radius 3 is 0.600 bits per heavy atom. The maximum Gasteiger partial charge on any atom is 0.104 e. The molecule has 0 saturated heterocycles. The van der Waals surface area contributed by atoms with E-state index < -0.39 is 0 Å². The van der Waals surface area contributed by atoms with Gasteiger partial charge in [0.1, 0.15) is 19.6 Å². The second-order valence-corrected chi connectivity index (χ2v) is 11.8. The van der Waals surface area contributed by atoms with Gasteiger partial charge in [0, 0.05) is 16.7 Å². The molecule has 3 rings (SSSR count). The van der Waals surface area contributed by atoms with E-state index in [9.17, 15) is 0 Å². The van der Waals surface area contributed by atoms with Crippen LogP contribution in [0.3, 0.4) is 0 Å². The fourth-order valence-electron chi connectivity index (χ4n) is 5.93. The van der Waals surface area contributed by atoms with Gasteiger partial charge < -0.3 is 59.8 Å². The lowest BCUT2D eigenvalue weighted by molar-refractivity contribution is -0.936. The Morgan fingerprint density at radius 1 is 0.311 bits per heavy atom. The quantitative estimate of drug-likeness (QED) is 0.194. The van der Waals surface area contributed by atoms with Crippen LogP contribution in [0.15, 0.2) is 91.0 Å². The second-order valence-electron chi connectivity index (χ2n) is 11.8. The molecule has 0 heterocycles. The maximum absolute atomic E-state index is 2.29. The van der Waals surface area contributed by atoms with E-state index in [4.69, 9.17) is 0 Å². The molecule has 0 spiro atoms. The Balaban J connectivity index is -0.000000569. The summed E-state index contributed by atoms with van der Waals surface area (Å²) in [5.74, 6) is 0. The molecule has 0 aliphatic carbocycles. The van der Waals surface area contributed by atoms with Gasteiger partial charge in [-0.25, -0.2) is 0 Å². The number of nitrogens with zero attached hydrogens (tertiary/aromatic N) is 3. The fourth-order valence-corrected chi connectivity index (χ4v) is 5.93. The highest BCUT2D eigenvalue weighted by molar-refractivity contribution is 5.14. The van der Waals surface area contributed by atoms with Crippen molar-refractivity contribution >= 4 is 0 Å². The minimum absolute atomic E-state index is 0. The summed E-state index contributed by atoms with van der Waals surface area (Å²) in [6, 6.07) is 32.4. The van der Waals surface area contributed by atoms with Crippen molar-refractivity contribution in [1.29, 1.82) is 0 Å². The molecule has 0 saturated carbocycles. The van der Waals surface area contributed by atoms with Crippen LogP contribution in [0.25, 0.3) is 0 Å². The van der Waals surface area contributed by atoms with Gasteiger partial charge in [-0.3, -0.25) is 0 Å². The van der Waals surface area contributed by atoms with Gasteiger partial charge >= 0.3 is 0 Å². The van der Waals surface area contributed by atoms with Crippen LogP contribution in [0.1, 0.15) is 79.0 Å². The van der Waals surface area contributed by atoms with E-state index in [2.05, 4.69) is 153 Å². The van der Waals surface area contributed by atoms with Gasteiger partial charge in [-0.2, -0.15) is 0 Å². The molecule has 45 heavy (non-hydrogen) atoms. The summed E-state index contributed by atoms with van der Waals surface area (Å²) in [5.41, 5.74) is 4.37. The Bertz CT molecular complexity index is 878. The van der Waals surface area contributed by atoms with E-state index in [-0.39, 0.29) is 46.4 Å². The first-order chi connectivity index (χ1) is 20.3. The van der Waals surface area contributed by atoms with Gasteiger partial charge in [0.2, 0.25) is 0 Å². The van der Waals surface area contributed by atoms with E-state index in [0.717, 1.165) is 0 Å². The minimum atomic E-state index is 0. The zero-order valence-electron chi connectivity index (χ0n) is 30.1. The van der Waals surface area contributed by atoms with E-state index in [1.807, 2.05) is 0 Å². The Morgan fingerprint density at radius 2 is 0.467 bits per heavy atom. The SMILES string of the molecule is CC[N+](CC)(CC)Cc1ccccc1.CC[N+](CC)(CC)Cc1ccccc1.CC[N+](CC)(CC)Cc1ccccc1.[Br-].[Br-].[Cl-]. The summed E-state index contributed by atoms with van der Waals surface area (Å²) in [7, 11) is 0. The van der Waals surface area contributed by atoms with Gasteiger partial charge in [0.05, 0.1) is 58.9 Å². The first-order valence-corrected chi connectivity index (χ1v) is 17.0. The van der Waals surface area contributed by atoms with Crippen molar-refractivity contribution in [2.24, 2.45) is 0 Å². The summed E-state index contributed by atoms with van der Waals surface area (Å²) in [4.78, 5) is 0. The zero-order valence-corrected chi connectivity index (χ0v) is 34.0. The number of benzene rings is 3. The smallest absolute Gasteiger partial charge is 0.104 e. The third-order valence-electron chi connectivity index (χ3n) is 10.1. The average Bonchev–Trinajstić information content (AvgIpc) is 3.07. The molecular weight excluding hydrogens is 706 g/mol. The standard InChI is InChI=1S/3C13H22N.2BrH.ClH/c3*1-4-14(5-2,6-3)12-13-10-8-7-9-11-13;;;/h3*7-11H,4-6,12H2,1-3H3;3*1H/q3*+1;;;/p-3. The number of rotatable bonds is 15. The summed E-state index contributed by atoms with van der Waals surface area (Å²) in [6.45, 7) is 35.1. The van der Waals surface area contributed by atoms with Crippen LogP contribution in [-0.2, 0) is 19.6 Å². The Kier molecular flexibility index (Phi) is 28.7. The highest BCUT2D eigenvalue weighted by atomic mass is 79.9. The number of hydrogen-bond acceptors (Lipinski definition) is 0. The predicted molar refractivity (Wildman–Crippen MR) is 186 cm³/mol. The summed E-state index contributed by atoms with van der Waals surface area (Å²) in [6.07, 6.45) is 0. The lowest BCUT2D eigenvalue weighted by atomic mass is 10.2. The van der Waals surface area contributed by atoms with Gasteiger partial charge in [-0.15, -0.1) is 0 Å². The molecule has 0 fully saturated rings. The molecule has 258 valence electrons. The Hall–Kier alpha value is -1.21. The number of quaternary nitrogens is 3. The molecule has 3 nitrogen and oxygen atoms in total. The predicted octanol–water partition coefficient (Wildman–Crippen LogP) is 0.201. The molecule has 0 aromatic heterocycles. The lowest BCUT2D eigenvalue weighted by Gasteiger charge is -2.35. The molecule has 0 amide bonds. The Labute approximate surface area is 306 Å². The van der Waals surface area contributed by atoms with Crippen LogP contribution in [0.5, 0.6) is 0 Å². The van der Waals surface area contributed by atoms with Crippen LogP contribution in [0.2, 0.25) is 0 Å². The monoisotopic (exact) mass is 769 g/mol. The van der Waals surface area contributed by atoms with Gasteiger partial charge in [0.25, 0.3) is 0 Å². The van der Waals surface area contributed by atoms with E-state index >= 15 is 0 Å². The van der Waals surface area contributed by atoms with Crippen molar-refractivity contribution in [3.05, 3.63) is 108 Å². The van der Waals surface area contributed by atoms with Gasteiger partial charge in [-0.1, -0.05) is 91.0 Å². The first kappa shape index (κ1) is 48.2. The lowest BCUT2D eigenvalue weighted by Crippen LogP contribution is -3.00. The fraction of sp³-hybridized carbons (Fsp3) is 0.538. The normalized spacial score (nSPS) is 10.9. The van der Waals surface area contributed by atoms with Crippen molar-refractivity contribution in [3.8, 4) is 0 Å². The van der Waals surface area contributed by atoms with Crippen LogP contribution >= 0.6 is 0 Å². The molecule has 3 aromatic carbocycles. The van der Waals surface area contributed by atoms with Crippen molar-refractivity contribution in [2.45, 2.75) is 81.9 Å². The third-order valence-corrected chi connectivity index (χ3v) is 10.1. The molecule has 0 aliphatic rings. The van der Waals surface area contributed by atoms with Crippen molar-refractivity contribution in [3.63, 3.8) is 0 Å². The van der Waals surface area contributed by atoms with E-state index in [1.54, 1.807) is 0 Å². The third kappa shape index (κ3) is 17.0. The molecule has 0 aliphatic heterocycles. The summed E-state index contributed by atoms with van der Waals surface area (Å²) >= 11 is 0. The molecule has 0 N–H and O–H groups in total. The average molecular weight is 772 g/mol. The molecule has 0 bridgehead atoms. The summed E-state index contributed by atoms with van der Waals surface area (Å²) < 4.78 is 3.60. The number of hydrogen-bond donors (Lipinski definition) is 0. The van der Waals surface area contributed by atoms with E-state index in [0.29, 0.717) is 0 Å². The highest BCUT2D eigenvalue weighted by Crippen LogP contribution is 2.15. The van der Waals surface area contributed by atoms with Crippen molar-refractivity contribution in [1.82, 2.24) is 0 Å². The van der Waals surface area contributed by atoms with Crippen LogP contribution in [-0.4, -0.2) is 72.4 Å². The van der Waals surface area contributed by atoms with Crippen molar-refractivity contribution < 1.29 is 59.8 Å². The maximum atomic E-state index is 2.29. The van der Waals surface area contributed by atoms with Gasteiger partial charge in [-0.05, 0) is 62.3 Å². The molecule has 3 aromatic rings. The zero-order chi connectivity index (χ0) is 31.3. The molecule has 0 atom stereocenters. The number of halogens is 3. The minimum Gasteiger partial charge on any atom is -1.00 e. The van der Waals surface area contributed by atoms with Crippen LogP contribution in [0.4, 0.5) is 0 Å². The molecule has 6 heteroatoms. The van der Waals surface area contributed by atoms with E-state index in [1.165, 1.54) is 109 Å². The van der Waals surface area contributed by atoms with Gasteiger partial charge in [0.15, 0.2) is 0 Å². The van der Waals surface area contributed by atoms with Crippen molar-refractivity contribution in [2.75, 3.05) is 58.9 Å². The highest BCUT2D eigenvalue weighted by Gasteiger charge is 2.22.